The van der Waals surface area contributed by atoms with Crippen molar-refractivity contribution in [1.29, 1.82) is 0 Å². The number of piperidine rings is 1. The van der Waals surface area contributed by atoms with Gasteiger partial charge in [0.1, 0.15) is 24.2 Å². The summed E-state index contributed by atoms with van der Waals surface area (Å²) in [7, 11) is 8.39. The molecule has 2 heterocycles. The number of likely N-dealkylation sites (N-methyl/N-ethyl adjacent to an activating group) is 2. The summed E-state index contributed by atoms with van der Waals surface area (Å²) in [5.74, 6) is -6.32. The van der Waals surface area contributed by atoms with E-state index in [4.69, 9.17) is 14.3 Å². The van der Waals surface area contributed by atoms with Crippen LogP contribution >= 0.6 is 0 Å². The highest BCUT2D eigenvalue weighted by atomic mass is 16.7. The van der Waals surface area contributed by atoms with E-state index in [-0.39, 0.29) is 86.0 Å². The second-order valence-corrected chi connectivity index (χ2v) is 25.5. The van der Waals surface area contributed by atoms with Crippen molar-refractivity contribution < 1.29 is 67.4 Å². The molecule has 11 atom stereocenters. The molecule has 24 nitrogen and oxygen atoms in total. The van der Waals surface area contributed by atoms with Crippen LogP contribution in [0.3, 0.4) is 0 Å². The Morgan fingerprint density at radius 1 is 0.656 bits per heavy atom. The first-order chi connectivity index (χ1) is 42.5. The summed E-state index contributed by atoms with van der Waals surface area (Å²) in [6.45, 7) is 19.5. The van der Waals surface area contributed by atoms with Gasteiger partial charge in [-0.15, -0.1) is 0 Å². The maximum atomic E-state index is 14.6. The number of rotatable bonds is 35. The number of methoxy groups -OCH3 is 2. The zero-order chi connectivity index (χ0) is 67.1. The predicted molar refractivity (Wildman–Crippen MR) is 340 cm³/mol. The number of hydroxylamine groups is 1. The van der Waals surface area contributed by atoms with Crippen molar-refractivity contribution in [2.45, 2.75) is 195 Å². The van der Waals surface area contributed by atoms with Crippen LogP contribution in [0, 0.1) is 35.5 Å². The number of hydrogen-bond acceptors (Lipinski definition) is 14. The number of carbonyl (C=O) groups excluding carboxylic acids is 9. The van der Waals surface area contributed by atoms with Crippen molar-refractivity contribution >= 4 is 64.8 Å². The second kappa shape index (κ2) is 36.7. The smallest absolute Gasteiger partial charge is 0.306 e. The molecule has 2 aliphatic rings. The maximum absolute atomic E-state index is 14.6. The quantitative estimate of drug-likeness (QED) is 0.0461. The third kappa shape index (κ3) is 22.1. The van der Waals surface area contributed by atoms with Crippen LogP contribution in [0.2, 0.25) is 0 Å². The van der Waals surface area contributed by atoms with Crippen LogP contribution in [-0.4, -0.2) is 193 Å². The number of nitrogens with zero attached hydrogens (tertiary/aromatic N) is 4. The molecule has 7 N–H and O–H groups in total. The number of carboxylic acid groups (broad SMARTS) is 1. The third-order valence-electron chi connectivity index (χ3n) is 17.5. The van der Waals surface area contributed by atoms with Gasteiger partial charge in [-0.1, -0.05) is 111 Å². The normalized spacial score (nSPS) is 17.9. The summed E-state index contributed by atoms with van der Waals surface area (Å²) in [4.78, 5) is 147. The van der Waals surface area contributed by atoms with Crippen molar-refractivity contribution in [3.63, 3.8) is 0 Å². The Morgan fingerprint density at radius 2 is 1.29 bits per heavy atom. The number of benzene rings is 2. The van der Waals surface area contributed by atoms with Crippen LogP contribution in [0.25, 0.3) is 0 Å². The van der Waals surface area contributed by atoms with E-state index < -0.39 is 102 Å². The molecule has 2 aromatic carbocycles. The predicted octanol–water partition coefficient (Wildman–Crippen LogP) is 4.69. The minimum atomic E-state index is -1.09. The van der Waals surface area contributed by atoms with Crippen molar-refractivity contribution in [1.82, 2.24) is 46.3 Å². The van der Waals surface area contributed by atoms with E-state index in [1.165, 1.54) is 21.1 Å². The van der Waals surface area contributed by atoms with Crippen molar-refractivity contribution in [2.75, 3.05) is 60.3 Å². The van der Waals surface area contributed by atoms with E-state index in [2.05, 4.69) is 32.1 Å². The summed E-state index contributed by atoms with van der Waals surface area (Å²) < 4.78 is 12.1. The van der Waals surface area contributed by atoms with Crippen LogP contribution in [0.4, 0.5) is 5.69 Å². The fourth-order valence-electron chi connectivity index (χ4n) is 12.1. The Hall–Kier alpha value is -7.02. The van der Waals surface area contributed by atoms with Gasteiger partial charge in [0.15, 0.2) is 0 Å². The number of hydrogen-bond donors (Lipinski definition) is 7. The molecule has 0 aromatic heterocycles. The lowest BCUT2D eigenvalue weighted by Crippen LogP contribution is -2.59. The average molecular weight is 1260 g/mol. The first-order valence-electron chi connectivity index (χ1n) is 31.9. The summed E-state index contributed by atoms with van der Waals surface area (Å²) in [5, 5.41) is 23.3. The van der Waals surface area contributed by atoms with Crippen molar-refractivity contribution in [3.8, 4) is 0 Å². The molecule has 0 bridgehead atoms. The summed E-state index contributed by atoms with van der Waals surface area (Å²) in [6.07, 6.45) is 1.60. The van der Waals surface area contributed by atoms with E-state index in [1.807, 2.05) is 90.9 Å². The lowest BCUT2D eigenvalue weighted by molar-refractivity contribution is -0.148. The lowest BCUT2D eigenvalue weighted by atomic mass is 9.89. The van der Waals surface area contributed by atoms with Crippen LogP contribution in [0.15, 0.2) is 54.6 Å². The van der Waals surface area contributed by atoms with E-state index in [9.17, 15) is 53.1 Å². The Morgan fingerprint density at radius 3 is 1.84 bits per heavy atom. The van der Waals surface area contributed by atoms with Gasteiger partial charge in [-0.2, -0.15) is 0 Å². The Labute approximate surface area is 532 Å². The van der Waals surface area contributed by atoms with Gasteiger partial charge in [0, 0.05) is 65.9 Å². The molecule has 0 aliphatic carbocycles. The van der Waals surface area contributed by atoms with Crippen molar-refractivity contribution in [2.24, 2.45) is 35.5 Å². The zero-order valence-electron chi connectivity index (χ0n) is 55.8. The SMILES string of the molecule is CC[C@H](C)[C@@H]([C@@H](CC(=O)N1CCCC1[C@H](OC)[C@@H](C)C(=O)N[C@@H](Cc1ccccc1)C(=O)NOCc1ccc(NC(=O)[C@@H](C)NC(=O)[C@H](NC(=O)CCCC(=O)N2CCC(C(=O)O)CC2)C(C)C)cc1)OC)N(C)C(=O)[C@@H](NC(=O)[C@H](C(C)C)N(C)C)C(C)C. The number of anilines is 1. The highest BCUT2D eigenvalue weighted by Gasteiger charge is 2.44. The zero-order valence-corrected chi connectivity index (χ0v) is 55.8. The van der Waals surface area contributed by atoms with Crippen LogP contribution in [0.5, 0.6) is 0 Å². The topological polar surface area (TPSA) is 304 Å². The largest absolute Gasteiger partial charge is 0.481 e. The highest BCUT2D eigenvalue weighted by Crippen LogP contribution is 2.30. The molecule has 0 radical (unpaired) electrons. The van der Waals surface area contributed by atoms with Gasteiger partial charge in [-0.25, -0.2) is 5.48 Å². The molecule has 2 aliphatic heterocycles. The first kappa shape index (κ1) is 75.4. The second-order valence-electron chi connectivity index (χ2n) is 25.5. The molecule has 502 valence electrons. The molecule has 0 spiro atoms. The van der Waals surface area contributed by atoms with Crippen LogP contribution in [0.1, 0.15) is 138 Å². The van der Waals surface area contributed by atoms with E-state index in [1.54, 1.807) is 66.8 Å². The average Bonchev–Trinajstić information content (AvgIpc) is 1.79. The molecule has 2 fully saturated rings. The molecule has 4 rings (SSSR count). The van der Waals surface area contributed by atoms with Crippen LogP contribution in [-0.2, 0) is 75.3 Å². The minimum absolute atomic E-state index is 0.000683. The monoisotopic (exact) mass is 1260 g/mol. The number of carbonyl (C=O) groups is 10. The summed E-state index contributed by atoms with van der Waals surface area (Å²) in [5.41, 5.74) is 4.29. The maximum Gasteiger partial charge on any atom is 0.306 e. The molecular weight excluding hydrogens is 1160 g/mol. The molecular formula is C66H104N10O14. The molecule has 2 saturated heterocycles. The fourth-order valence-corrected chi connectivity index (χ4v) is 12.1. The molecule has 90 heavy (non-hydrogen) atoms. The van der Waals surface area contributed by atoms with Gasteiger partial charge in [-0.3, -0.25) is 57.7 Å². The molecule has 2 aromatic rings. The third-order valence-corrected chi connectivity index (χ3v) is 17.5. The number of amides is 9. The Balaban J connectivity index is 1.34. The first-order valence-corrected chi connectivity index (χ1v) is 31.9. The van der Waals surface area contributed by atoms with Gasteiger partial charge in [0.05, 0.1) is 55.2 Å². The molecule has 0 saturated carbocycles. The fraction of sp³-hybridized carbons (Fsp3) is 0.667. The number of ether oxygens (including phenoxy) is 2. The number of nitrogens with one attached hydrogen (secondary N) is 6. The molecule has 1 unspecified atom stereocenters. The van der Waals surface area contributed by atoms with Crippen LogP contribution < -0.4 is 32.1 Å². The van der Waals surface area contributed by atoms with Gasteiger partial charge in [0.2, 0.25) is 47.3 Å². The minimum Gasteiger partial charge on any atom is -0.481 e. The number of aliphatic carboxylic acids is 1. The Bertz CT molecular complexity index is 2680. The Kier molecular flexibility index (Phi) is 30.8. The lowest BCUT2D eigenvalue weighted by Gasteiger charge is -2.41. The summed E-state index contributed by atoms with van der Waals surface area (Å²) >= 11 is 0. The van der Waals surface area contributed by atoms with Gasteiger partial charge < -0.3 is 55.9 Å². The van der Waals surface area contributed by atoms with Crippen molar-refractivity contribution in [3.05, 3.63) is 65.7 Å². The highest BCUT2D eigenvalue weighted by molar-refractivity contribution is 5.98. The van der Waals surface area contributed by atoms with Gasteiger partial charge in [-0.05, 0) is 100 Å². The standard InChI is InChI=1S/C66H104N10O14/c1-16-42(8)58(74(13)65(85)56(40(4)5)71-64(84)57(41(6)7)73(11)12)51(88-14)37-54(79)76-33-21-24-50(76)59(89-15)43(9)60(80)69-49(36-45-22-18-17-19-23-45)62(82)72-90-38-46-27-29-48(30-28-46)68-61(81)44(10)67-63(83)55(39(2)3)70-52(77)25-20-26-53(78)75-34-31-47(32-35-75)66(86)87/h17-19,22-23,27-30,39-44,47,49-51,55-59H,16,20-21,24-26,31-38H2,1-15H3,(H,67,83)(H,68,81)(H,69,80)(H,70,77)(H,71,84)(H,72,82)(H,86,87)/t42-,43+,44+,49-,50?,51+,55+,56-,57-,58-,59+/m0/s1. The molecule has 24 heteroatoms. The molecule has 9 amide bonds. The van der Waals surface area contributed by atoms with E-state index in [0.29, 0.717) is 63.0 Å². The number of likely N-dealkylation sites (tertiary alicyclic amines) is 2. The summed E-state index contributed by atoms with van der Waals surface area (Å²) in [6, 6.07) is 10.4. The number of carboxylic acids is 1. The van der Waals surface area contributed by atoms with E-state index in [0.717, 1.165) is 5.56 Å². The van der Waals surface area contributed by atoms with Gasteiger partial charge >= 0.3 is 5.97 Å². The van der Waals surface area contributed by atoms with Gasteiger partial charge in [0.25, 0.3) is 5.91 Å². The van der Waals surface area contributed by atoms with E-state index >= 15 is 0 Å².